The molecular weight excluding hydrogens is 270 g/mol. The van der Waals surface area contributed by atoms with Crippen LogP contribution >= 0.6 is 0 Å². The molecule has 0 atom stereocenters. The summed E-state index contributed by atoms with van der Waals surface area (Å²) in [5.41, 5.74) is 6.43. The molecule has 0 radical (unpaired) electrons. The molecule has 7 heteroatoms. The third-order valence-corrected chi connectivity index (χ3v) is 3.17. The quantitative estimate of drug-likeness (QED) is 0.344. The summed E-state index contributed by atoms with van der Waals surface area (Å²) in [5.74, 6) is 0.110. The number of urea groups is 1. The minimum atomic E-state index is -0.0606. The first-order valence-electron chi connectivity index (χ1n) is 7.01. The topological polar surface area (TPSA) is 95.1 Å². The second-order valence-corrected chi connectivity index (χ2v) is 4.58. The van der Waals surface area contributed by atoms with Crippen molar-refractivity contribution in [3.63, 3.8) is 0 Å². The SMILES string of the molecule is CCN(CC)C(=O)N(CCC(N)=NO)Cc1cccnc1. The minimum Gasteiger partial charge on any atom is -0.409 e. The normalized spacial score (nSPS) is 11.2. The lowest BCUT2D eigenvalue weighted by Gasteiger charge is -2.29. The Bertz CT molecular complexity index is 460. The molecule has 0 fully saturated rings. The van der Waals surface area contributed by atoms with E-state index in [1.807, 2.05) is 26.0 Å². The first-order valence-corrected chi connectivity index (χ1v) is 7.01. The van der Waals surface area contributed by atoms with Crippen molar-refractivity contribution in [2.24, 2.45) is 10.9 Å². The summed E-state index contributed by atoms with van der Waals surface area (Å²) in [6, 6.07) is 3.69. The van der Waals surface area contributed by atoms with Crippen LogP contribution in [0, 0.1) is 0 Å². The van der Waals surface area contributed by atoms with Crippen molar-refractivity contribution in [3.8, 4) is 0 Å². The highest BCUT2D eigenvalue weighted by molar-refractivity contribution is 5.81. The van der Waals surface area contributed by atoms with E-state index in [4.69, 9.17) is 10.9 Å². The average Bonchev–Trinajstić information content (AvgIpc) is 2.53. The van der Waals surface area contributed by atoms with Crippen LogP contribution in [0.5, 0.6) is 0 Å². The molecule has 0 saturated heterocycles. The monoisotopic (exact) mass is 293 g/mol. The molecule has 0 aromatic carbocycles. The summed E-state index contributed by atoms with van der Waals surface area (Å²) in [6.07, 6.45) is 3.74. The summed E-state index contributed by atoms with van der Waals surface area (Å²) in [7, 11) is 0. The smallest absolute Gasteiger partial charge is 0.320 e. The number of amides is 2. The second-order valence-electron chi connectivity index (χ2n) is 4.58. The first-order chi connectivity index (χ1) is 10.1. The summed E-state index contributed by atoms with van der Waals surface area (Å²) in [4.78, 5) is 20.0. The molecule has 1 rings (SSSR count). The zero-order chi connectivity index (χ0) is 15.7. The Kier molecular flexibility index (Phi) is 7.00. The van der Waals surface area contributed by atoms with Gasteiger partial charge in [0.2, 0.25) is 0 Å². The van der Waals surface area contributed by atoms with Crippen LogP contribution in [-0.2, 0) is 6.54 Å². The number of rotatable bonds is 7. The lowest BCUT2D eigenvalue weighted by atomic mass is 10.2. The molecule has 0 aliphatic heterocycles. The number of hydrogen-bond acceptors (Lipinski definition) is 4. The summed E-state index contributed by atoms with van der Waals surface area (Å²) >= 11 is 0. The maximum atomic E-state index is 12.5. The zero-order valence-corrected chi connectivity index (χ0v) is 12.6. The predicted octanol–water partition coefficient (Wildman–Crippen LogP) is 1.48. The van der Waals surface area contributed by atoms with Gasteiger partial charge in [-0.15, -0.1) is 0 Å². The first kappa shape index (κ1) is 16.7. The molecule has 0 saturated carbocycles. The van der Waals surface area contributed by atoms with Gasteiger partial charge in [-0.3, -0.25) is 4.98 Å². The molecule has 21 heavy (non-hydrogen) atoms. The van der Waals surface area contributed by atoms with Crippen LogP contribution in [-0.4, -0.2) is 51.5 Å². The number of carbonyl (C=O) groups is 1. The van der Waals surface area contributed by atoms with Gasteiger partial charge in [0.05, 0.1) is 0 Å². The Labute approximate surface area is 125 Å². The van der Waals surface area contributed by atoms with Crippen LogP contribution in [0.3, 0.4) is 0 Å². The van der Waals surface area contributed by atoms with Crippen molar-refractivity contribution in [1.29, 1.82) is 0 Å². The van der Waals surface area contributed by atoms with Gasteiger partial charge >= 0.3 is 6.03 Å². The lowest BCUT2D eigenvalue weighted by Crippen LogP contribution is -2.43. The van der Waals surface area contributed by atoms with E-state index in [1.54, 1.807) is 22.2 Å². The standard InChI is InChI=1S/C14H23N5O2/c1-3-18(4-2)14(20)19(9-7-13(15)17-21)11-12-6-5-8-16-10-12/h5-6,8,10,21H,3-4,7,9,11H2,1-2H3,(H2,15,17). The molecule has 116 valence electrons. The van der Waals surface area contributed by atoms with Crippen molar-refractivity contribution in [2.75, 3.05) is 19.6 Å². The van der Waals surface area contributed by atoms with E-state index in [0.29, 0.717) is 32.6 Å². The van der Waals surface area contributed by atoms with Crippen molar-refractivity contribution in [3.05, 3.63) is 30.1 Å². The van der Waals surface area contributed by atoms with Crippen LogP contribution < -0.4 is 5.73 Å². The van der Waals surface area contributed by atoms with Gasteiger partial charge in [-0.05, 0) is 25.5 Å². The fourth-order valence-corrected chi connectivity index (χ4v) is 1.95. The number of oxime groups is 1. The van der Waals surface area contributed by atoms with Crippen LogP contribution in [0.15, 0.2) is 29.7 Å². The average molecular weight is 293 g/mol. The number of pyridine rings is 1. The number of aromatic nitrogens is 1. The number of amidine groups is 1. The molecule has 0 aliphatic rings. The van der Waals surface area contributed by atoms with E-state index < -0.39 is 0 Å². The third kappa shape index (κ3) is 5.29. The highest BCUT2D eigenvalue weighted by Crippen LogP contribution is 2.08. The zero-order valence-electron chi connectivity index (χ0n) is 12.6. The minimum absolute atomic E-state index is 0.0606. The fraction of sp³-hybridized carbons (Fsp3) is 0.500. The molecule has 7 nitrogen and oxygen atoms in total. The van der Waals surface area contributed by atoms with Gasteiger partial charge < -0.3 is 20.7 Å². The van der Waals surface area contributed by atoms with Crippen LogP contribution in [0.25, 0.3) is 0 Å². The van der Waals surface area contributed by atoms with Gasteiger partial charge in [0.25, 0.3) is 0 Å². The van der Waals surface area contributed by atoms with Crippen LogP contribution in [0.4, 0.5) is 4.79 Å². The molecule has 0 unspecified atom stereocenters. The molecule has 0 spiro atoms. The van der Waals surface area contributed by atoms with E-state index in [1.165, 1.54) is 0 Å². The Morgan fingerprint density at radius 2 is 2.10 bits per heavy atom. The van der Waals surface area contributed by atoms with Crippen molar-refractivity contribution < 1.29 is 10.0 Å². The molecule has 1 heterocycles. The maximum Gasteiger partial charge on any atom is 0.320 e. The molecule has 2 amide bonds. The molecule has 3 N–H and O–H groups in total. The molecular formula is C14H23N5O2. The van der Waals surface area contributed by atoms with Gasteiger partial charge in [-0.1, -0.05) is 11.2 Å². The Balaban J connectivity index is 2.80. The number of hydrogen-bond donors (Lipinski definition) is 2. The molecule has 0 aliphatic carbocycles. The van der Waals surface area contributed by atoms with Crippen molar-refractivity contribution >= 4 is 11.9 Å². The van der Waals surface area contributed by atoms with E-state index in [0.717, 1.165) is 5.56 Å². The molecule has 0 bridgehead atoms. The van der Waals surface area contributed by atoms with E-state index >= 15 is 0 Å². The van der Waals surface area contributed by atoms with Gasteiger partial charge in [0.1, 0.15) is 5.84 Å². The highest BCUT2D eigenvalue weighted by atomic mass is 16.4. The fourth-order valence-electron chi connectivity index (χ4n) is 1.95. The molecule has 1 aromatic heterocycles. The van der Waals surface area contributed by atoms with Crippen LogP contribution in [0.1, 0.15) is 25.8 Å². The van der Waals surface area contributed by atoms with Gasteiger partial charge in [-0.25, -0.2) is 4.79 Å². The summed E-state index contributed by atoms with van der Waals surface area (Å²) < 4.78 is 0. The van der Waals surface area contributed by atoms with Gasteiger partial charge in [0.15, 0.2) is 0 Å². The second kappa shape index (κ2) is 8.78. The van der Waals surface area contributed by atoms with Crippen molar-refractivity contribution in [1.82, 2.24) is 14.8 Å². The Hall–Kier alpha value is -2.31. The van der Waals surface area contributed by atoms with E-state index in [-0.39, 0.29) is 11.9 Å². The number of nitrogens with two attached hydrogens (primary N) is 1. The Morgan fingerprint density at radius 1 is 1.38 bits per heavy atom. The summed E-state index contributed by atoms with van der Waals surface area (Å²) in [6.45, 7) is 5.99. The molecule has 1 aromatic rings. The highest BCUT2D eigenvalue weighted by Gasteiger charge is 2.19. The van der Waals surface area contributed by atoms with E-state index in [2.05, 4.69) is 10.1 Å². The van der Waals surface area contributed by atoms with Crippen LogP contribution in [0.2, 0.25) is 0 Å². The Morgan fingerprint density at radius 3 is 2.62 bits per heavy atom. The van der Waals surface area contributed by atoms with Gasteiger partial charge in [-0.2, -0.15) is 0 Å². The number of nitrogens with zero attached hydrogens (tertiary/aromatic N) is 4. The number of carbonyl (C=O) groups excluding carboxylic acids is 1. The largest absolute Gasteiger partial charge is 0.409 e. The summed E-state index contributed by atoms with van der Waals surface area (Å²) in [5, 5.41) is 11.6. The van der Waals surface area contributed by atoms with Crippen molar-refractivity contribution in [2.45, 2.75) is 26.8 Å². The lowest BCUT2D eigenvalue weighted by molar-refractivity contribution is 0.155. The maximum absolute atomic E-state index is 12.5. The third-order valence-electron chi connectivity index (χ3n) is 3.17. The van der Waals surface area contributed by atoms with Gasteiger partial charge in [0, 0.05) is 45.0 Å². The predicted molar refractivity (Wildman–Crippen MR) is 81.0 cm³/mol. The van der Waals surface area contributed by atoms with E-state index in [9.17, 15) is 4.79 Å².